The second kappa shape index (κ2) is 4.37. The summed E-state index contributed by atoms with van der Waals surface area (Å²) < 4.78 is 24.2. The molecule has 0 radical (unpaired) electrons. The Morgan fingerprint density at radius 2 is 2.07 bits per heavy atom. The molecule has 0 spiro atoms. The zero-order chi connectivity index (χ0) is 10.7. The lowest BCUT2D eigenvalue weighted by Crippen LogP contribution is -2.30. The number of aryl methyl sites for hydroxylation is 1. The van der Waals surface area contributed by atoms with Gasteiger partial charge in [-0.3, -0.25) is 0 Å². The monoisotopic (exact) mass is 201 g/mol. The number of aromatic hydroxyl groups is 1. The fourth-order valence-corrected chi connectivity index (χ4v) is 1.14. The van der Waals surface area contributed by atoms with Crippen molar-refractivity contribution in [1.29, 1.82) is 0 Å². The van der Waals surface area contributed by atoms with Crippen molar-refractivity contribution in [3.8, 4) is 5.75 Å². The molecule has 14 heavy (non-hydrogen) atoms. The molecule has 0 saturated heterocycles. The van der Waals surface area contributed by atoms with Crippen LogP contribution in [0.4, 0.5) is 8.78 Å². The third-order valence-corrected chi connectivity index (χ3v) is 2.07. The molecule has 1 aromatic rings. The van der Waals surface area contributed by atoms with Gasteiger partial charge in [-0.2, -0.15) is 0 Å². The highest BCUT2D eigenvalue weighted by Gasteiger charge is 2.15. The van der Waals surface area contributed by atoms with Gasteiger partial charge in [-0.05, 0) is 30.5 Å². The Morgan fingerprint density at radius 3 is 2.57 bits per heavy atom. The summed E-state index contributed by atoms with van der Waals surface area (Å²) in [6.45, 7) is 1.74. The highest BCUT2D eigenvalue weighted by molar-refractivity contribution is 5.35. The lowest BCUT2D eigenvalue weighted by molar-refractivity contribution is 0.116. The predicted octanol–water partition coefficient (Wildman–Crippen LogP) is 1.84. The van der Waals surface area contributed by atoms with Crippen molar-refractivity contribution in [2.45, 2.75) is 25.8 Å². The number of hydrogen-bond donors (Lipinski definition) is 2. The first-order valence-electron chi connectivity index (χ1n) is 4.33. The number of hydrogen-bond acceptors (Lipinski definition) is 2. The van der Waals surface area contributed by atoms with Crippen molar-refractivity contribution in [3.05, 3.63) is 29.3 Å². The molecule has 0 aromatic heterocycles. The minimum atomic E-state index is -2.53. The molecular weight excluding hydrogens is 188 g/mol. The van der Waals surface area contributed by atoms with E-state index in [4.69, 9.17) is 5.73 Å². The Bertz CT molecular complexity index is 315. The Labute approximate surface area is 81.4 Å². The van der Waals surface area contributed by atoms with Gasteiger partial charge < -0.3 is 10.8 Å². The van der Waals surface area contributed by atoms with Crippen molar-refractivity contribution >= 4 is 0 Å². The van der Waals surface area contributed by atoms with Crippen LogP contribution < -0.4 is 5.73 Å². The maximum absolute atomic E-state index is 12.1. The summed E-state index contributed by atoms with van der Waals surface area (Å²) in [6, 6.07) is 3.68. The topological polar surface area (TPSA) is 46.2 Å². The molecule has 1 aromatic carbocycles. The molecule has 0 aliphatic heterocycles. The number of phenols is 1. The van der Waals surface area contributed by atoms with Crippen LogP contribution >= 0.6 is 0 Å². The van der Waals surface area contributed by atoms with Crippen molar-refractivity contribution in [1.82, 2.24) is 0 Å². The van der Waals surface area contributed by atoms with E-state index in [1.165, 1.54) is 6.07 Å². The van der Waals surface area contributed by atoms with Crippen molar-refractivity contribution in [2.75, 3.05) is 0 Å². The predicted molar refractivity (Wildman–Crippen MR) is 50.5 cm³/mol. The fraction of sp³-hybridized carbons (Fsp3) is 0.400. The molecule has 4 heteroatoms. The van der Waals surface area contributed by atoms with E-state index in [0.29, 0.717) is 5.56 Å². The van der Waals surface area contributed by atoms with E-state index in [1.54, 1.807) is 19.1 Å². The number of benzene rings is 1. The molecular formula is C10H13F2NO. The van der Waals surface area contributed by atoms with E-state index in [2.05, 4.69) is 0 Å². The maximum Gasteiger partial charge on any atom is 0.253 e. The van der Waals surface area contributed by atoms with E-state index in [1.807, 2.05) is 0 Å². The Kier molecular flexibility index (Phi) is 3.41. The van der Waals surface area contributed by atoms with Gasteiger partial charge in [-0.15, -0.1) is 0 Å². The van der Waals surface area contributed by atoms with Crippen LogP contribution in [0.25, 0.3) is 0 Å². The molecule has 0 amide bonds. The van der Waals surface area contributed by atoms with Gasteiger partial charge in [0.05, 0.1) is 6.04 Å². The standard InChI is InChI=1S/C10H13F2NO/c1-6-2-3-7(5-9(6)14)4-8(13)10(11)12/h2-3,5,8,10,14H,4,13H2,1H3. The van der Waals surface area contributed by atoms with E-state index < -0.39 is 12.5 Å². The summed E-state index contributed by atoms with van der Waals surface area (Å²) >= 11 is 0. The quantitative estimate of drug-likeness (QED) is 0.783. The lowest BCUT2D eigenvalue weighted by Gasteiger charge is -2.10. The van der Waals surface area contributed by atoms with Crippen LogP contribution in [0, 0.1) is 6.92 Å². The van der Waals surface area contributed by atoms with Crippen LogP contribution in [0.5, 0.6) is 5.75 Å². The number of rotatable bonds is 3. The van der Waals surface area contributed by atoms with Crippen LogP contribution in [0.2, 0.25) is 0 Å². The summed E-state index contributed by atoms with van der Waals surface area (Å²) in [7, 11) is 0. The second-order valence-electron chi connectivity index (χ2n) is 3.32. The summed E-state index contributed by atoms with van der Waals surface area (Å²) in [5.74, 6) is 0.115. The van der Waals surface area contributed by atoms with Crippen molar-refractivity contribution in [3.63, 3.8) is 0 Å². The van der Waals surface area contributed by atoms with Gasteiger partial charge in [0, 0.05) is 0 Å². The first kappa shape index (κ1) is 10.9. The highest BCUT2D eigenvalue weighted by atomic mass is 19.3. The number of halogens is 2. The van der Waals surface area contributed by atoms with Gasteiger partial charge in [0.25, 0.3) is 6.43 Å². The van der Waals surface area contributed by atoms with Crippen molar-refractivity contribution < 1.29 is 13.9 Å². The Morgan fingerprint density at radius 1 is 1.43 bits per heavy atom. The van der Waals surface area contributed by atoms with E-state index >= 15 is 0 Å². The molecule has 1 rings (SSSR count). The minimum absolute atomic E-state index is 0.0749. The summed E-state index contributed by atoms with van der Waals surface area (Å²) in [5.41, 5.74) is 6.55. The average molecular weight is 201 g/mol. The zero-order valence-corrected chi connectivity index (χ0v) is 7.87. The summed E-state index contributed by atoms with van der Waals surface area (Å²) in [5, 5.41) is 9.32. The Balaban J connectivity index is 2.73. The van der Waals surface area contributed by atoms with E-state index in [-0.39, 0.29) is 12.2 Å². The van der Waals surface area contributed by atoms with Crippen LogP contribution in [0.3, 0.4) is 0 Å². The first-order chi connectivity index (χ1) is 6.50. The molecule has 3 N–H and O–H groups in total. The molecule has 0 bridgehead atoms. The fourth-order valence-electron chi connectivity index (χ4n) is 1.14. The lowest BCUT2D eigenvalue weighted by atomic mass is 10.0. The summed E-state index contributed by atoms with van der Waals surface area (Å²) in [4.78, 5) is 0. The molecule has 1 atom stereocenters. The molecule has 0 fully saturated rings. The second-order valence-corrected chi connectivity index (χ2v) is 3.32. The van der Waals surface area contributed by atoms with Gasteiger partial charge in [0.1, 0.15) is 5.75 Å². The molecule has 0 aliphatic rings. The van der Waals surface area contributed by atoms with Gasteiger partial charge in [-0.1, -0.05) is 12.1 Å². The number of nitrogens with two attached hydrogens (primary N) is 1. The zero-order valence-electron chi connectivity index (χ0n) is 7.87. The molecule has 0 aliphatic carbocycles. The number of phenolic OH excluding ortho intramolecular Hbond substituents is 1. The first-order valence-corrected chi connectivity index (χ1v) is 4.33. The van der Waals surface area contributed by atoms with Crippen LogP contribution in [0.1, 0.15) is 11.1 Å². The van der Waals surface area contributed by atoms with Crippen LogP contribution in [0.15, 0.2) is 18.2 Å². The summed E-state index contributed by atoms with van der Waals surface area (Å²) in [6.07, 6.45) is -2.45. The van der Waals surface area contributed by atoms with Gasteiger partial charge >= 0.3 is 0 Å². The molecule has 78 valence electrons. The third-order valence-electron chi connectivity index (χ3n) is 2.07. The maximum atomic E-state index is 12.1. The molecule has 1 unspecified atom stereocenters. The largest absolute Gasteiger partial charge is 0.508 e. The van der Waals surface area contributed by atoms with Crippen LogP contribution in [-0.2, 0) is 6.42 Å². The van der Waals surface area contributed by atoms with Gasteiger partial charge in [0.15, 0.2) is 0 Å². The third kappa shape index (κ3) is 2.67. The van der Waals surface area contributed by atoms with E-state index in [9.17, 15) is 13.9 Å². The van der Waals surface area contributed by atoms with E-state index in [0.717, 1.165) is 5.56 Å². The van der Waals surface area contributed by atoms with Crippen molar-refractivity contribution in [2.24, 2.45) is 5.73 Å². The Hall–Kier alpha value is -1.16. The van der Waals surface area contributed by atoms with Crippen LogP contribution in [-0.4, -0.2) is 17.6 Å². The smallest absolute Gasteiger partial charge is 0.253 e. The normalized spacial score (nSPS) is 13.2. The highest BCUT2D eigenvalue weighted by Crippen LogP contribution is 2.18. The molecule has 2 nitrogen and oxygen atoms in total. The minimum Gasteiger partial charge on any atom is -0.508 e. The van der Waals surface area contributed by atoms with Gasteiger partial charge in [0.2, 0.25) is 0 Å². The average Bonchev–Trinajstić information content (AvgIpc) is 2.11. The SMILES string of the molecule is Cc1ccc(CC(N)C(F)F)cc1O. The number of alkyl halides is 2. The molecule has 0 saturated carbocycles. The van der Waals surface area contributed by atoms with Gasteiger partial charge in [-0.25, -0.2) is 8.78 Å². The molecule has 0 heterocycles.